The van der Waals surface area contributed by atoms with Crippen molar-refractivity contribution in [2.24, 2.45) is 0 Å². The van der Waals surface area contributed by atoms with Crippen LogP contribution < -0.4 is 5.32 Å². The van der Waals surface area contributed by atoms with Gasteiger partial charge in [-0.05, 0) is 42.5 Å². The topological polar surface area (TPSA) is 63.2 Å². The quantitative estimate of drug-likeness (QED) is 0.850. The fourth-order valence-corrected chi connectivity index (χ4v) is 3.14. The minimum atomic E-state index is -3.57. The lowest BCUT2D eigenvalue weighted by Crippen LogP contribution is -2.29. The van der Waals surface area contributed by atoms with Crippen LogP contribution in [0.15, 0.2) is 53.4 Å². The molecule has 4 nitrogen and oxygen atoms in total. The van der Waals surface area contributed by atoms with Crippen LogP contribution in [0.3, 0.4) is 0 Å². The molecule has 0 bridgehead atoms. The molecule has 1 N–H and O–H groups in total. The molecule has 2 rings (SSSR count). The van der Waals surface area contributed by atoms with E-state index in [-0.39, 0.29) is 17.2 Å². The Kier molecular flexibility index (Phi) is 5.15. The maximum absolute atomic E-state index is 12.8. The van der Waals surface area contributed by atoms with E-state index in [2.05, 4.69) is 5.32 Å². The molecule has 0 spiro atoms. The number of sulfone groups is 1. The first-order valence-corrected chi connectivity index (χ1v) is 8.43. The van der Waals surface area contributed by atoms with Crippen LogP contribution in [0.2, 0.25) is 5.02 Å². The number of hydrogen-bond donors (Lipinski definition) is 1. The number of halogens is 2. The molecule has 0 aliphatic rings. The standard InChI is InChI=1S/C15H13ClFNO3S/c16-12-3-1-2-11(10-12)15(19)18-8-9-22(20,21)14-6-4-13(17)5-7-14/h1-7,10H,8-9H2,(H,18,19). The van der Waals surface area contributed by atoms with E-state index in [1.807, 2.05) is 0 Å². The van der Waals surface area contributed by atoms with Gasteiger partial charge in [-0.15, -0.1) is 0 Å². The Bertz CT molecular complexity index is 776. The first kappa shape index (κ1) is 16.5. The van der Waals surface area contributed by atoms with Crippen molar-refractivity contribution in [2.45, 2.75) is 4.90 Å². The molecule has 0 fully saturated rings. The zero-order valence-corrected chi connectivity index (χ0v) is 13.0. The molecule has 0 heterocycles. The SMILES string of the molecule is O=C(NCCS(=O)(=O)c1ccc(F)cc1)c1cccc(Cl)c1. The van der Waals surface area contributed by atoms with E-state index < -0.39 is 21.6 Å². The molecule has 7 heteroatoms. The van der Waals surface area contributed by atoms with Crippen LogP contribution in [0, 0.1) is 5.82 Å². The molecule has 0 aliphatic heterocycles. The summed E-state index contributed by atoms with van der Waals surface area (Å²) >= 11 is 5.78. The second-order valence-electron chi connectivity index (χ2n) is 4.54. The second-order valence-corrected chi connectivity index (χ2v) is 7.08. The molecule has 0 unspecified atom stereocenters. The number of carbonyl (C=O) groups excluding carboxylic acids is 1. The van der Waals surface area contributed by atoms with Gasteiger partial charge in [-0.3, -0.25) is 4.79 Å². The highest BCUT2D eigenvalue weighted by Crippen LogP contribution is 2.12. The normalized spacial score (nSPS) is 11.2. The van der Waals surface area contributed by atoms with Crippen molar-refractivity contribution in [3.63, 3.8) is 0 Å². The lowest BCUT2D eigenvalue weighted by atomic mass is 10.2. The monoisotopic (exact) mass is 341 g/mol. The third-order valence-electron chi connectivity index (χ3n) is 2.92. The number of benzene rings is 2. The van der Waals surface area contributed by atoms with Crippen molar-refractivity contribution in [1.29, 1.82) is 0 Å². The molecule has 116 valence electrons. The predicted molar refractivity (Wildman–Crippen MR) is 82.2 cm³/mol. The summed E-state index contributed by atoms with van der Waals surface area (Å²) in [7, 11) is -3.57. The summed E-state index contributed by atoms with van der Waals surface area (Å²) in [5.74, 6) is -1.18. The third-order valence-corrected chi connectivity index (χ3v) is 4.88. The van der Waals surface area contributed by atoms with Crippen LogP contribution in [0.5, 0.6) is 0 Å². The average Bonchev–Trinajstić information content (AvgIpc) is 2.47. The van der Waals surface area contributed by atoms with Gasteiger partial charge in [-0.1, -0.05) is 17.7 Å². The lowest BCUT2D eigenvalue weighted by molar-refractivity contribution is 0.0956. The van der Waals surface area contributed by atoms with Gasteiger partial charge >= 0.3 is 0 Å². The maximum atomic E-state index is 12.8. The predicted octanol–water partition coefficient (Wildman–Crippen LogP) is 2.68. The van der Waals surface area contributed by atoms with E-state index in [1.54, 1.807) is 18.2 Å². The first-order valence-electron chi connectivity index (χ1n) is 6.40. The lowest BCUT2D eigenvalue weighted by Gasteiger charge is -2.07. The van der Waals surface area contributed by atoms with Gasteiger partial charge in [0, 0.05) is 17.1 Å². The molecule has 2 aromatic rings. The van der Waals surface area contributed by atoms with E-state index in [9.17, 15) is 17.6 Å². The molecule has 0 atom stereocenters. The van der Waals surface area contributed by atoms with E-state index in [0.717, 1.165) is 12.1 Å². The summed E-state index contributed by atoms with van der Waals surface area (Å²) in [5.41, 5.74) is 0.353. The zero-order valence-electron chi connectivity index (χ0n) is 11.4. The summed E-state index contributed by atoms with van der Waals surface area (Å²) < 4.78 is 36.8. The summed E-state index contributed by atoms with van der Waals surface area (Å²) in [6.45, 7) is -0.0505. The van der Waals surface area contributed by atoms with Gasteiger partial charge in [0.25, 0.3) is 5.91 Å². The van der Waals surface area contributed by atoms with Crippen LogP contribution in [0.4, 0.5) is 4.39 Å². The summed E-state index contributed by atoms with van der Waals surface area (Å²) in [6.07, 6.45) is 0. The number of hydrogen-bond acceptors (Lipinski definition) is 3. The molecule has 22 heavy (non-hydrogen) atoms. The number of amides is 1. The summed E-state index contributed by atoms with van der Waals surface area (Å²) in [5, 5.41) is 2.94. The van der Waals surface area contributed by atoms with Gasteiger partial charge in [0.05, 0.1) is 10.6 Å². The fourth-order valence-electron chi connectivity index (χ4n) is 1.79. The minimum absolute atomic E-state index is 0.0194. The van der Waals surface area contributed by atoms with Crippen LogP contribution in [-0.2, 0) is 9.84 Å². The van der Waals surface area contributed by atoms with Crippen molar-refractivity contribution in [3.05, 3.63) is 64.9 Å². The van der Waals surface area contributed by atoms with Gasteiger partial charge in [-0.2, -0.15) is 0 Å². The van der Waals surface area contributed by atoms with E-state index in [0.29, 0.717) is 10.6 Å². The second kappa shape index (κ2) is 6.89. The highest BCUT2D eigenvalue weighted by molar-refractivity contribution is 7.91. The van der Waals surface area contributed by atoms with Crippen molar-refractivity contribution < 1.29 is 17.6 Å². The zero-order chi connectivity index (χ0) is 16.2. The van der Waals surface area contributed by atoms with Crippen molar-refractivity contribution >= 4 is 27.3 Å². The van der Waals surface area contributed by atoms with Crippen molar-refractivity contribution in [3.8, 4) is 0 Å². The summed E-state index contributed by atoms with van der Waals surface area (Å²) in [4.78, 5) is 11.9. The Balaban J connectivity index is 1.95. The van der Waals surface area contributed by atoms with Gasteiger partial charge < -0.3 is 5.32 Å². The molecule has 0 aliphatic carbocycles. The van der Waals surface area contributed by atoms with Gasteiger partial charge in [0.2, 0.25) is 0 Å². The van der Waals surface area contributed by atoms with Crippen molar-refractivity contribution in [2.75, 3.05) is 12.3 Å². The molecular formula is C15H13ClFNO3S. The van der Waals surface area contributed by atoms with Crippen LogP contribution in [0.1, 0.15) is 10.4 Å². The highest BCUT2D eigenvalue weighted by atomic mass is 35.5. The Morgan fingerprint density at radius 1 is 1.14 bits per heavy atom. The third kappa shape index (κ3) is 4.29. The van der Waals surface area contributed by atoms with E-state index >= 15 is 0 Å². The van der Waals surface area contributed by atoms with E-state index in [4.69, 9.17) is 11.6 Å². The Labute approximate surface area is 132 Å². The van der Waals surface area contributed by atoms with Gasteiger partial charge in [0.1, 0.15) is 5.82 Å². The van der Waals surface area contributed by atoms with Crippen LogP contribution in [-0.4, -0.2) is 26.6 Å². The van der Waals surface area contributed by atoms with E-state index in [1.165, 1.54) is 18.2 Å². The molecule has 2 aromatic carbocycles. The summed E-state index contributed by atoms with van der Waals surface area (Å²) in [6, 6.07) is 10.9. The molecule has 0 aromatic heterocycles. The largest absolute Gasteiger partial charge is 0.351 e. The molecule has 0 saturated heterocycles. The number of nitrogens with one attached hydrogen (secondary N) is 1. The minimum Gasteiger partial charge on any atom is -0.351 e. The molecule has 0 radical (unpaired) electrons. The van der Waals surface area contributed by atoms with Gasteiger partial charge in [-0.25, -0.2) is 12.8 Å². The highest BCUT2D eigenvalue weighted by Gasteiger charge is 2.15. The smallest absolute Gasteiger partial charge is 0.251 e. The van der Waals surface area contributed by atoms with Crippen LogP contribution in [0.25, 0.3) is 0 Å². The molecule has 1 amide bonds. The number of carbonyl (C=O) groups is 1. The number of rotatable bonds is 5. The van der Waals surface area contributed by atoms with Crippen molar-refractivity contribution in [1.82, 2.24) is 5.32 Å². The fraction of sp³-hybridized carbons (Fsp3) is 0.133. The average molecular weight is 342 g/mol. The van der Waals surface area contributed by atoms with Gasteiger partial charge in [0.15, 0.2) is 9.84 Å². The molecule has 0 saturated carbocycles. The van der Waals surface area contributed by atoms with Crippen LogP contribution >= 0.6 is 11.6 Å². The Hall–Kier alpha value is -1.92. The Morgan fingerprint density at radius 2 is 1.82 bits per heavy atom. The first-order chi connectivity index (χ1) is 10.4. The molecular weight excluding hydrogens is 329 g/mol. The Morgan fingerprint density at radius 3 is 2.45 bits per heavy atom. The maximum Gasteiger partial charge on any atom is 0.251 e.